The van der Waals surface area contributed by atoms with Crippen molar-refractivity contribution in [1.29, 1.82) is 0 Å². The fraction of sp³-hybridized carbons (Fsp3) is 0.200. The first-order chi connectivity index (χ1) is 16.6. The van der Waals surface area contributed by atoms with Crippen LogP contribution in [0.4, 0.5) is 17.1 Å². The number of hydrogen-bond donors (Lipinski definition) is 3. The molecule has 35 heavy (non-hydrogen) atoms. The average molecular weight is 470 g/mol. The second-order valence-corrected chi connectivity index (χ2v) is 9.19. The van der Waals surface area contributed by atoms with Crippen LogP contribution in [0.15, 0.2) is 60.7 Å². The summed E-state index contributed by atoms with van der Waals surface area (Å²) in [6.45, 7) is 11.5. The first kappa shape index (κ1) is 24.0. The molecule has 5 nitrogen and oxygen atoms in total. The van der Waals surface area contributed by atoms with Crippen molar-refractivity contribution >= 4 is 17.1 Å². The van der Waals surface area contributed by atoms with E-state index < -0.39 is 0 Å². The third kappa shape index (κ3) is 4.62. The summed E-state index contributed by atoms with van der Waals surface area (Å²) in [5, 5.41) is 32.2. The van der Waals surface area contributed by atoms with Crippen LogP contribution in [-0.4, -0.2) is 15.3 Å². The first-order valence-electron chi connectivity index (χ1n) is 11.5. The van der Waals surface area contributed by atoms with E-state index in [1.54, 1.807) is 18.2 Å². The van der Waals surface area contributed by atoms with E-state index in [9.17, 15) is 15.3 Å². The van der Waals surface area contributed by atoms with E-state index in [4.69, 9.17) is 4.74 Å². The lowest BCUT2D eigenvalue weighted by molar-refractivity contribution is 0.446. The standard InChI is InChI=1S/C30H31NO4/c1-17-12-20(4)28(26(33)14-17)31(29-21(5)13-18(2)15-27(29)34)23-8-7-9-24(16-23)35-30-19(3)10-11-25(32)22(30)6/h7-16,32-34H,1-6H3. The molecule has 0 heterocycles. The molecule has 4 aromatic carbocycles. The van der Waals surface area contributed by atoms with Crippen LogP contribution < -0.4 is 9.64 Å². The summed E-state index contributed by atoms with van der Waals surface area (Å²) in [6, 6.07) is 18.4. The van der Waals surface area contributed by atoms with Gasteiger partial charge in [-0.15, -0.1) is 0 Å². The normalized spacial score (nSPS) is 10.9. The van der Waals surface area contributed by atoms with E-state index >= 15 is 0 Å². The minimum absolute atomic E-state index is 0.118. The lowest BCUT2D eigenvalue weighted by Gasteiger charge is -2.30. The summed E-state index contributed by atoms with van der Waals surface area (Å²) >= 11 is 0. The van der Waals surface area contributed by atoms with Gasteiger partial charge in [-0.05, 0) is 99.7 Å². The van der Waals surface area contributed by atoms with Crippen LogP contribution in [0, 0.1) is 41.5 Å². The van der Waals surface area contributed by atoms with E-state index in [0.29, 0.717) is 34.1 Å². The van der Waals surface area contributed by atoms with Gasteiger partial charge in [0.25, 0.3) is 0 Å². The molecule has 0 aromatic heterocycles. The van der Waals surface area contributed by atoms with E-state index in [1.807, 2.05) is 88.9 Å². The third-order valence-corrected chi connectivity index (χ3v) is 6.17. The van der Waals surface area contributed by atoms with Gasteiger partial charge in [-0.2, -0.15) is 0 Å². The molecule has 0 fully saturated rings. The van der Waals surface area contributed by atoms with Crippen molar-refractivity contribution < 1.29 is 20.1 Å². The number of anilines is 3. The lowest BCUT2D eigenvalue weighted by atomic mass is 10.0. The number of nitrogens with zero attached hydrogens (tertiary/aromatic N) is 1. The highest BCUT2D eigenvalue weighted by atomic mass is 16.5. The highest BCUT2D eigenvalue weighted by Gasteiger charge is 2.24. The fourth-order valence-corrected chi connectivity index (χ4v) is 4.60. The van der Waals surface area contributed by atoms with E-state index in [1.165, 1.54) is 0 Å². The Bertz CT molecular complexity index is 1320. The molecule has 0 saturated heterocycles. The van der Waals surface area contributed by atoms with Crippen molar-refractivity contribution in [2.45, 2.75) is 41.5 Å². The van der Waals surface area contributed by atoms with Crippen molar-refractivity contribution in [3.8, 4) is 28.7 Å². The van der Waals surface area contributed by atoms with Crippen LogP contribution in [-0.2, 0) is 0 Å². The molecule has 0 atom stereocenters. The highest BCUT2D eigenvalue weighted by Crippen LogP contribution is 2.48. The highest BCUT2D eigenvalue weighted by molar-refractivity contribution is 5.87. The predicted octanol–water partition coefficient (Wildman–Crippen LogP) is 7.92. The Morgan fingerprint density at radius 1 is 0.600 bits per heavy atom. The van der Waals surface area contributed by atoms with Gasteiger partial charge < -0.3 is 25.0 Å². The Labute approximate surface area is 206 Å². The molecular weight excluding hydrogens is 438 g/mol. The number of ether oxygens (including phenoxy) is 1. The molecule has 0 aliphatic rings. The molecule has 180 valence electrons. The quantitative estimate of drug-likeness (QED) is 0.277. The molecule has 0 radical (unpaired) electrons. The van der Waals surface area contributed by atoms with Gasteiger partial charge in [0, 0.05) is 11.6 Å². The zero-order valence-electron chi connectivity index (χ0n) is 21.0. The van der Waals surface area contributed by atoms with Gasteiger partial charge in [-0.25, -0.2) is 0 Å². The molecule has 4 aromatic rings. The fourth-order valence-electron chi connectivity index (χ4n) is 4.60. The second kappa shape index (κ2) is 9.26. The Balaban J connectivity index is 1.92. The number of aryl methyl sites for hydroxylation is 5. The maximum Gasteiger partial charge on any atom is 0.140 e. The summed E-state index contributed by atoms with van der Waals surface area (Å²) in [7, 11) is 0. The molecule has 0 aliphatic heterocycles. The number of phenols is 3. The van der Waals surface area contributed by atoms with E-state index in [0.717, 1.165) is 27.8 Å². The Morgan fingerprint density at radius 3 is 1.71 bits per heavy atom. The van der Waals surface area contributed by atoms with Crippen molar-refractivity contribution in [3.05, 3.63) is 94.0 Å². The lowest BCUT2D eigenvalue weighted by Crippen LogP contribution is -2.13. The summed E-state index contributed by atoms with van der Waals surface area (Å²) in [5.41, 5.74) is 7.07. The van der Waals surface area contributed by atoms with Crippen LogP contribution in [0.1, 0.15) is 33.4 Å². The molecule has 0 bridgehead atoms. The summed E-state index contributed by atoms with van der Waals surface area (Å²) < 4.78 is 6.23. The van der Waals surface area contributed by atoms with E-state index in [-0.39, 0.29) is 17.2 Å². The van der Waals surface area contributed by atoms with Gasteiger partial charge in [0.2, 0.25) is 0 Å². The smallest absolute Gasteiger partial charge is 0.140 e. The molecular formula is C30H31NO4. The monoisotopic (exact) mass is 469 g/mol. The number of hydrogen-bond acceptors (Lipinski definition) is 5. The summed E-state index contributed by atoms with van der Waals surface area (Å²) in [4.78, 5) is 1.86. The SMILES string of the molecule is Cc1cc(C)c(N(c2cccc(Oc3c(C)ccc(O)c3C)c2)c2c(C)cc(C)cc2O)c(O)c1. The van der Waals surface area contributed by atoms with Crippen LogP contribution >= 0.6 is 0 Å². The minimum atomic E-state index is 0.118. The summed E-state index contributed by atoms with van der Waals surface area (Å²) in [5.74, 6) is 1.57. The zero-order valence-corrected chi connectivity index (χ0v) is 21.0. The van der Waals surface area contributed by atoms with E-state index in [2.05, 4.69) is 0 Å². The van der Waals surface area contributed by atoms with Crippen molar-refractivity contribution in [2.75, 3.05) is 4.90 Å². The average Bonchev–Trinajstić information content (AvgIpc) is 2.77. The topological polar surface area (TPSA) is 73.2 Å². The van der Waals surface area contributed by atoms with Gasteiger partial charge in [0.05, 0.1) is 17.1 Å². The van der Waals surface area contributed by atoms with Crippen molar-refractivity contribution in [1.82, 2.24) is 0 Å². The largest absolute Gasteiger partial charge is 0.508 e. The zero-order chi connectivity index (χ0) is 25.4. The number of rotatable bonds is 5. The molecule has 0 unspecified atom stereocenters. The van der Waals surface area contributed by atoms with Crippen molar-refractivity contribution in [2.24, 2.45) is 0 Å². The molecule has 3 N–H and O–H groups in total. The first-order valence-corrected chi connectivity index (χ1v) is 11.5. The van der Waals surface area contributed by atoms with Crippen LogP contribution in [0.2, 0.25) is 0 Å². The second-order valence-electron chi connectivity index (χ2n) is 9.19. The van der Waals surface area contributed by atoms with Crippen LogP contribution in [0.25, 0.3) is 0 Å². The number of benzene rings is 4. The van der Waals surface area contributed by atoms with Gasteiger partial charge >= 0.3 is 0 Å². The van der Waals surface area contributed by atoms with Gasteiger partial charge in [0.1, 0.15) is 28.7 Å². The molecule has 0 saturated carbocycles. The third-order valence-electron chi connectivity index (χ3n) is 6.17. The van der Waals surface area contributed by atoms with Crippen LogP contribution in [0.5, 0.6) is 28.7 Å². The molecule has 5 heteroatoms. The van der Waals surface area contributed by atoms with Gasteiger partial charge in [-0.3, -0.25) is 0 Å². The molecule has 0 spiro atoms. The Kier molecular flexibility index (Phi) is 6.35. The summed E-state index contributed by atoms with van der Waals surface area (Å²) in [6.07, 6.45) is 0. The molecule has 4 rings (SSSR count). The van der Waals surface area contributed by atoms with Gasteiger partial charge in [0.15, 0.2) is 0 Å². The maximum atomic E-state index is 11.0. The Hall–Kier alpha value is -4.12. The van der Waals surface area contributed by atoms with Gasteiger partial charge in [-0.1, -0.05) is 24.3 Å². The molecule has 0 amide bonds. The Morgan fingerprint density at radius 2 is 1.17 bits per heavy atom. The maximum absolute atomic E-state index is 11.0. The number of aromatic hydroxyl groups is 3. The predicted molar refractivity (Wildman–Crippen MR) is 141 cm³/mol. The van der Waals surface area contributed by atoms with Crippen LogP contribution in [0.3, 0.4) is 0 Å². The van der Waals surface area contributed by atoms with Crippen molar-refractivity contribution in [3.63, 3.8) is 0 Å². The minimum Gasteiger partial charge on any atom is -0.508 e. The molecule has 0 aliphatic carbocycles. The number of phenolic OH excluding ortho intramolecular Hbond substituents is 3.